The number of nitrogens with one attached hydrogen (secondary N) is 2. The van der Waals surface area contributed by atoms with Crippen molar-refractivity contribution >= 4 is 16.9 Å². The van der Waals surface area contributed by atoms with E-state index in [2.05, 4.69) is 55.1 Å². The SMILES string of the molecule is Cc1cccc(-c2[nH]cnc2-c2ccc3ncc(-c4cc(C(=O)OCCN5C[C@@H](C)N[C@@H](C)C5)ccn4)cc3c2)n1. The van der Waals surface area contributed by atoms with Crippen LogP contribution < -0.4 is 5.32 Å². The van der Waals surface area contributed by atoms with E-state index in [1.165, 1.54) is 0 Å². The molecule has 9 nitrogen and oxygen atoms in total. The van der Waals surface area contributed by atoms with E-state index < -0.39 is 0 Å². The number of aromatic amines is 1. The van der Waals surface area contributed by atoms with Gasteiger partial charge in [-0.1, -0.05) is 12.1 Å². The molecule has 1 fully saturated rings. The Morgan fingerprint density at radius 2 is 1.80 bits per heavy atom. The van der Waals surface area contributed by atoms with Crippen LogP contribution in [0.1, 0.15) is 29.9 Å². The molecule has 0 unspecified atom stereocenters. The van der Waals surface area contributed by atoms with Crippen molar-refractivity contribution in [3.8, 4) is 33.9 Å². The average molecular weight is 548 g/mol. The maximum atomic E-state index is 12.8. The van der Waals surface area contributed by atoms with Crippen LogP contribution in [0, 0.1) is 6.92 Å². The molecule has 1 aliphatic heterocycles. The Morgan fingerprint density at radius 1 is 0.976 bits per heavy atom. The van der Waals surface area contributed by atoms with E-state index in [0.717, 1.165) is 57.9 Å². The van der Waals surface area contributed by atoms with Gasteiger partial charge >= 0.3 is 5.97 Å². The number of esters is 1. The fraction of sp³-hybridized carbons (Fsp3) is 0.281. The molecule has 2 N–H and O–H groups in total. The maximum Gasteiger partial charge on any atom is 0.338 e. The molecular formula is C32H33N7O2. The molecule has 0 spiro atoms. The van der Waals surface area contributed by atoms with Crippen molar-refractivity contribution in [2.24, 2.45) is 0 Å². The van der Waals surface area contributed by atoms with Gasteiger partial charge in [0.15, 0.2) is 0 Å². The molecule has 9 heteroatoms. The first-order valence-corrected chi connectivity index (χ1v) is 13.9. The molecule has 5 aromatic rings. The fourth-order valence-electron chi connectivity index (χ4n) is 5.50. The number of piperazine rings is 1. The third-order valence-corrected chi connectivity index (χ3v) is 7.30. The van der Waals surface area contributed by atoms with Gasteiger partial charge in [-0.25, -0.2) is 9.78 Å². The number of aryl methyl sites for hydroxylation is 1. The van der Waals surface area contributed by atoms with Crippen molar-refractivity contribution in [1.82, 2.24) is 35.1 Å². The lowest BCUT2D eigenvalue weighted by Gasteiger charge is -2.35. The van der Waals surface area contributed by atoms with Crippen LogP contribution in [-0.2, 0) is 4.74 Å². The largest absolute Gasteiger partial charge is 0.461 e. The molecule has 208 valence electrons. The smallest absolute Gasteiger partial charge is 0.338 e. The highest BCUT2D eigenvalue weighted by Crippen LogP contribution is 2.31. The van der Waals surface area contributed by atoms with Gasteiger partial charge in [0.05, 0.1) is 40.2 Å². The molecule has 0 aliphatic carbocycles. The topological polar surface area (TPSA) is 109 Å². The predicted molar refractivity (Wildman–Crippen MR) is 159 cm³/mol. The van der Waals surface area contributed by atoms with Crippen LogP contribution in [0.5, 0.6) is 0 Å². The minimum Gasteiger partial charge on any atom is -0.461 e. The zero-order valence-electron chi connectivity index (χ0n) is 23.5. The summed E-state index contributed by atoms with van der Waals surface area (Å²) in [5, 5.41) is 4.46. The molecule has 2 atom stereocenters. The molecule has 6 rings (SSSR count). The molecule has 41 heavy (non-hydrogen) atoms. The van der Waals surface area contributed by atoms with Gasteiger partial charge in [0.25, 0.3) is 0 Å². The van der Waals surface area contributed by atoms with Gasteiger partial charge in [0.2, 0.25) is 0 Å². The Labute approximate surface area is 239 Å². The number of carbonyl (C=O) groups is 1. The molecule has 0 saturated carbocycles. The quantitative estimate of drug-likeness (QED) is 0.277. The Balaban J connectivity index is 1.20. The summed E-state index contributed by atoms with van der Waals surface area (Å²) < 4.78 is 5.62. The predicted octanol–water partition coefficient (Wildman–Crippen LogP) is 4.90. The minimum atomic E-state index is -0.350. The normalized spacial score (nSPS) is 17.5. The second-order valence-corrected chi connectivity index (χ2v) is 10.7. The maximum absolute atomic E-state index is 12.8. The van der Waals surface area contributed by atoms with Crippen molar-refractivity contribution in [3.63, 3.8) is 0 Å². The van der Waals surface area contributed by atoms with E-state index >= 15 is 0 Å². The number of hydrogen-bond acceptors (Lipinski definition) is 8. The summed E-state index contributed by atoms with van der Waals surface area (Å²) in [4.78, 5) is 36.8. The Morgan fingerprint density at radius 3 is 2.63 bits per heavy atom. The number of hydrogen-bond donors (Lipinski definition) is 2. The van der Waals surface area contributed by atoms with E-state index in [4.69, 9.17) is 4.74 Å². The number of carbonyl (C=O) groups excluding carboxylic acids is 1. The van der Waals surface area contributed by atoms with Crippen LogP contribution in [0.3, 0.4) is 0 Å². The summed E-state index contributed by atoms with van der Waals surface area (Å²) in [6.07, 6.45) is 5.10. The van der Waals surface area contributed by atoms with Crippen LogP contribution in [0.2, 0.25) is 0 Å². The van der Waals surface area contributed by atoms with Crippen molar-refractivity contribution in [2.45, 2.75) is 32.9 Å². The lowest BCUT2D eigenvalue weighted by molar-refractivity contribution is 0.0436. The van der Waals surface area contributed by atoms with Gasteiger partial charge in [-0.05, 0) is 63.2 Å². The molecule has 0 bridgehead atoms. The lowest BCUT2D eigenvalue weighted by Crippen LogP contribution is -2.54. The van der Waals surface area contributed by atoms with Gasteiger partial charge in [-0.3, -0.25) is 19.9 Å². The summed E-state index contributed by atoms with van der Waals surface area (Å²) in [6, 6.07) is 18.3. The van der Waals surface area contributed by atoms with E-state index in [1.54, 1.807) is 30.9 Å². The van der Waals surface area contributed by atoms with Crippen LogP contribution in [-0.4, -0.2) is 74.1 Å². The number of rotatable bonds is 7. The van der Waals surface area contributed by atoms with Crippen molar-refractivity contribution in [3.05, 3.63) is 84.6 Å². The third kappa shape index (κ3) is 6.01. The molecule has 5 heterocycles. The minimum absolute atomic E-state index is 0.350. The highest BCUT2D eigenvalue weighted by atomic mass is 16.5. The van der Waals surface area contributed by atoms with E-state index in [-0.39, 0.29) is 5.97 Å². The monoisotopic (exact) mass is 547 g/mol. The summed E-state index contributed by atoms with van der Waals surface area (Å²) in [7, 11) is 0. The number of benzene rings is 1. The standard InChI is InChI=1S/C32H33N7O2/c1-20-5-4-6-28(38-20)31-30(35-19-36-31)23-7-8-27-25(13-23)14-26(16-34-27)29-15-24(9-10-33-29)32(40)41-12-11-39-17-21(2)37-22(3)18-39/h4-10,13-16,19,21-22,37H,11-12,17-18H2,1-3H3,(H,35,36)/t21-,22+. The molecule has 4 aromatic heterocycles. The summed E-state index contributed by atoms with van der Waals surface area (Å²) in [5.74, 6) is -0.350. The van der Waals surface area contributed by atoms with Crippen LogP contribution in [0.15, 0.2) is 73.3 Å². The third-order valence-electron chi connectivity index (χ3n) is 7.30. The summed E-state index contributed by atoms with van der Waals surface area (Å²) >= 11 is 0. The zero-order valence-corrected chi connectivity index (χ0v) is 23.5. The molecule has 1 saturated heterocycles. The zero-order chi connectivity index (χ0) is 28.3. The Bertz CT molecular complexity index is 1690. The van der Waals surface area contributed by atoms with Gasteiger partial charge in [-0.15, -0.1) is 0 Å². The first-order valence-electron chi connectivity index (χ1n) is 13.9. The van der Waals surface area contributed by atoms with E-state index in [1.807, 2.05) is 43.3 Å². The van der Waals surface area contributed by atoms with E-state index in [0.29, 0.717) is 36.5 Å². The highest BCUT2D eigenvalue weighted by Gasteiger charge is 2.21. The number of fused-ring (bicyclic) bond motifs is 1. The van der Waals surface area contributed by atoms with Crippen molar-refractivity contribution in [2.75, 3.05) is 26.2 Å². The number of imidazole rings is 1. The Kier molecular flexibility index (Phi) is 7.54. The number of aromatic nitrogens is 5. The van der Waals surface area contributed by atoms with Crippen molar-refractivity contribution < 1.29 is 9.53 Å². The van der Waals surface area contributed by atoms with Crippen molar-refractivity contribution in [1.29, 1.82) is 0 Å². The van der Waals surface area contributed by atoms with Crippen LogP contribution in [0.25, 0.3) is 44.8 Å². The van der Waals surface area contributed by atoms with Gasteiger partial charge in [0.1, 0.15) is 6.61 Å². The molecule has 0 amide bonds. The van der Waals surface area contributed by atoms with Gasteiger partial charge in [-0.2, -0.15) is 0 Å². The number of ether oxygens (including phenoxy) is 1. The summed E-state index contributed by atoms with van der Waals surface area (Å²) in [6.45, 7) is 9.28. The first kappa shape index (κ1) is 26.7. The molecular weight excluding hydrogens is 514 g/mol. The first-order chi connectivity index (χ1) is 19.9. The van der Waals surface area contributed by atoms with Crippen LogP contribution >= 0.6 is 0 Å². The van der Waals surface area contributed by atoms with Gasteiger partial charge in [0, 0.05) is 66.3 Å². The Hall–Kier alpha value is -4.47. The van der Waals surface area contributed by atoms with Gasteiger partial charge < -0.3 is 15.0 Å². The van der Waals surface area contributed by atoms with E-state index in [9.17, 15) is 4.79 Å². The molecule has 1 aromatic carbocycles. The number of H-pyrrole nitrogens is 1. The second-order valence-electron chi connectivity index (χ2n) is 10.7. The summed E-state index contributed by atoms with van der Waals surface area (Å²) in [5.41, 5.74) is 7.23. The van der Waals surface area contributed by atoms with Crippen LogP contribution in [0.4, 0.5) is 0 Å². The highest BCUT2D eigenvalue weighted by molar-refractivity contribution is 5.92. The number of nitrogens with zero attached hydrogens (tertiary/aromatic N) is 5. The molecule has 1 aliphatic rings. The lowest BCUT2D eigenvalue weighted by atomic mass is 10.0. The second kappa shape index (κ2) is 11.6. The average Bonchev–Trinajstić information content (AvgIpc) is 3.46. The number of pyridine rings is 3. The fourth-order valence-corrected chi connectivity index (χ4v) is 5.50. The molecule has 0 radical (unpaired) electrons.